The van der Waals surface area contributed by atoms with Crippen molar-refractivity contribution in [3.8, 4) is 11.8 Å². The Kier molecular flexibility index (Phi) is 9.89. The lowest BCUT2D eigenvalue weighted by atomic mass is 10.1. The van der Waals surface area contributed by atoms with E-state index in [0.717, 1.165) is 28.6 Å². The van der Waals surface area contributed by atoms with Gasteiger partial charge in [0.25, 0.3) is 0 Å². The van der Waals surface area contributed by atoms with Gasteiger partial charge in [-0.1, -0.05) is 127 Å². The van der Waals surface area contributed by atoms with Gasteiger partial charge in [-0.15, -0.1) is 47.0 Å². The van der Waals surface area contributed by atoms with Gasteiger partial charge < -0.3 is 0 Å². The van der Waals surface area contributed by atoms with Gasteiger partial charge in [-0.3, -0.25) is 0 Å². The Hall–Kier alpha value is -2.64. The molecule has 0 spiro atoms. The molecule has 0 aromatic heterocycles. The molecule has 0 bridgehead atoms. The predicted octanol–water partition coefficient (Wildman–Crippen LogP) is 9.52. The van der Waals surface area contributed by atoms with E-state index in [4.69, 9.17) is 0 Å². The summed E-state index contributed by atoms with van der Waals surface area (Å²) in [6.07, 6.45) is 0. The van der Waals surface area contributed by atoms with Crippen LogP contribution in [0.5, 0.6) is 0 Å². The molecule has 1 aliphatic rings. The van der Waals surface area contributed by atoms with Gasteiger partial charge in [0.1, 0.15) is 4.08 Å². The van der Waals surface area contributed by atoms with Gasteiger partial charge in [0.2, 0.25) is 0 Å². The quantitative estimate of drug-likeness (QED) is 0.179. The molecule has 4 aromatic rings. The first-order chi connectivity index (χ1) is 18.8. The summed E-state index contributed by atoms with van der Waals surface area (Å²) in [6, 6.07) is 42.5. The normalized spacial score (nSPS) is 18.5. The maximum absolute atomic E-state index is 3.82. The van der Waals surface area contributed by atoms with Crippen LogP contribution in [0.1, 0.15) is 22.3 Å². The SMILES string of the molecule is C1=C(c2ccccc2)SCCSC(C#Cc2ccccc2)(c2ccccc2)SCCSC=1c1ccccc1. The first-order valence-corrected chi connectivity index (χ1v) is 16.6. The molecule has 1 heterocycles. The summed E-state index contributed by atoms with van der Waals surface area (Å²) in [5.41, 5.74) is 8.59. The average Bonchev–Trinajstić information content (AvgIpc) is 2.99. The van der Waals surface area contributed by atoms with Crippen molar-refractivity contribution in [2.45, 2.75) is 4.08 Å². The Morgan fingerprint density at radius 1 is 0.526 bits per heavy atom. The Bertz CT molecular complexity index is 1370. The van der Waals surface area contributed by atoms with Crippen LogP contribution in [0, 0.1) is 11.8 Å². The third-order valence-electron chi connectivity index (χ3n) is 5.87. The summed E-state index contributed by atoms with van der Waals surface area (Å²) in [7, 11) is 0. The molecule has 0 aliphatic carbocycles. The van der Waals surface area contributed by atoms with Crippen LogP contribution in [0.25, 0.3) is 9.81 Å². The van der Waals surface area contributed by atoms with Gasteiger partial charge in [-0.25, -0.2) is 0 Å². The zero-order valence-corrected chi connectivity index (χ0v) is 24.3. The number of hydrogen-bond acceptors (Lipinski definition) is 4. The molecule has 0 fully saturated rings. The Balaban J connectivity index is 1.51. The van der Waals surface area contributed by atoms with Crippen LogP contribution in [-0.2, 0) is 4.08 Å². The zero-order valence-electron chi connectivity index (χ0n) is 21.0. The lowest BCUT2D eigenvalue weighted by Crippen LogP contribution is -2.18. The van der Waals surface area contributed by atoms with Crippen molar-refractivity contribution >= 4 is 56.9 Å². The lowest BCUT2D eigenvalue weighted by molar-refractivity contribution is 1.17. The van der Waals surface area contributed by atoms with E-state index in [2.05, 4.69) is 133 Å². The van der Waals surface area contributed by atoms with E-state index < -0.39 is 0 Å². The molecule has 4 heteroatoms. The topological polar surface area (TPSA) is 0 Å². The first kappa shape index (κ1) is 26.9. The standard InChI is InChI=1S/C34H28S4/c1-5-13-28(14-6-1)21-22-34(31-19-11-4-12-20-31)37-25-23-35-32(29-15-7-2-8-16-29)27-33(36-24-26-38-34)30-17-9-3-10-18-30/h1-20H,23-26H2. The first-order valence-electron chi connectivity index (χ1n) is 12.6. The molecule has 0 N–H and O–H groups in total. The molecule has 0 saturated heterocycles. The van der Waals surface area contributed by atoms with E-state index in [9.17, 15) is 0 Å². The molecule has 1 aliphatic heterocycles. The molecule has 38 heavy (non-hydrogen) atoms. The van der Waals surface area contributed by atoms with Crippen molar-refractivity contribution in [3.63, 3.8) is 0 Å². The molecule has 0 atom stereocenters. The second kappa shape index (κ2) is 13.9. The molecule has 4 aromatic carbocycles. The molecule has 0 nitrogen and oxygen atoms in total. The highest BCUT2D eigenvalue weighted by Gasteiger charge is 2.31. The summed E-state index contributed by atoms with van der Waals surface area (Å²) >= 11 is 7.71. The molecule has 0 unspecified atom stereocenters. The highest BCUT2D eigenvalue weighted by atomic mass is 32.2. The van der Waals surface area contributed by atoms with Crippen molar-refractivity contribution < 1.29 is 0 Å². The Labute approximate surface area is 243 Å². The molecule has 0 radical (unpaired) electrons. The van der Waals surface area contributed by atoms with Gasteiger partial charge in [-0.2, -0.15) is 0 Å². The van der Waals surface area contributed by atoms with Crippen LogP contribution in [0.3, 0.4) is 0 Å². The van der Waals surface area contributed by atoms with E-state index in [1.165, 1.54) is 26.5 Å². The summed E-state index contributed by atoms with van der Waals surface area (Å²) in [5, 5.41) is 0. The monoisotopic (exact) mass is 564 g/mol. The summed E-state index contributed by atoms with van der Waals surface area (Å²) in [5.74, 6) is 11.2. The highest BCUT2D eigenvalue weighted by molar-refractivity contribution is 8.19. The maximum atomic E-state index is 3.82. The molecule has 188 valence electrons. The van der Waals surface area contributed by atoms with E-state index in [1.54, 1.807) is 0 Å². The van der Waals surface area contributed by atoms with E-state index in [0.29, 0.717) is 0 Å². The molecule has 0 saturated carbocycles. The molecular weight excluding hydrogens is 537 g/mol. The summed E-state index contributed by atoms with van der Waals surface area (Å²) in [4.78, 5) is 2.40. The van der Waals surface area contributed by atoms with E-state index in [-0.39, 0.29) is 4.08 Å². The van der Waals surface area contributed by atoms with Crippen LogP contribution in [0.2, 0.25) is 0 Å². The van der Waals surface area contributed by atoms with Gasteiger partial charge in [0, 0.05) is 28.6 Å². The van der Waals surface area contributed by atoms with Crippen LogP contribution in [0.15, 0.2) is 127 Å². The highest BCUT2D eigenvalue weighted by Crippen LogP contribution is 2.48. The van der Waals surface area contributed by atoms with Gasteiger partial charge in [0.15, 0.2) is 0 Å². The van der Waals surface area contributed by atoms with Crippen molar-refractivity contribution in [1.29, 1.82) is 0 Å². The molecule has 5 rings (SSSR count). The number of hydrogen-bond donors (Lipinski definition) is 0. The van der Waals surface area contributed by atoms with Crippen LogP contribution in [-0.4, -0.2) is 23.0 Å². The largest absolute Gasteiger partial charge is 0.148 e. The van der Waals surface area contributed by atoms with Crippen LogP contribution in [0.4, 0.5) is 0 Å². The Morgan fingerprint density at radius 2 is 0.974 bits per heavy atom. The van der Waals surface area contributed by atoms with Crippen molar-refractivity contribution in [1.82, 2.24) is 0 Å². The summed E-state index contributed by atoms with van der Waals surface area (Å²) < 4.78 is -0.329. The summed E-state index contributed by atoms with van der Waals surface area (Å²) in [6.45, 7) is 0. The minimum Gasteiger partial charge on any atom is -0.126 e. The van der Waals surface area contributed by atoms with Gasteiger partial charge >= 0.3 is 0 Å². The third kappa shape index (κ3) is 7.26. The predicted molar refractivity (Wildman–Crippen MR) is 174 cm³/mol. The second-order valence-electron chi connectivity index (χ2n) is 8.51. The fraction of sp³-hybridized carbons (Fsp3) is 0.147. The van der Waals surface area contributed by atoms with Crippen molar-refractivity contribution in [2.75, 3.05) is 23.0 Å². The fourth-order valence-corrected chi connectivity index (χ4v) is 9.03. The molecule has 0 amide bonds. The lowest BCUT2D eigenvalue weighted by Gasteiger charge is -2.28. The van der Waals surface area contributed by atoms with E-state index in [1.807, 2.05) is 53.1 Å². The fourth-order valence-electron chi connectivity index (χ4n) is 4.01. The average molecular weight is 565 g/mol. The van der Waals surface area contributed by atoms with Crippen LogP contribution < -0.4 is 0 Å². The number of benzene rings is 4. The van der Waals surface area contributed by atoms with Crippen molar-refractivity contribution in [2.24, 2.45) is 0 Å². The number of thioether (sulfide) groups is 4. The minimum atomic E-state index is -0.329. The number of rotatable bonds is 3. The minimum absolute atomic E-state index is 0.329. The van der Waals surface area contributed by atoms with Crippen LogP contribution >= 0.6 is 47.0 Å². The van der Waals surface area contributed by atoms with Gasteiger partial charge in [-0.05, 0) is 28.8 Å². The van der Waals surface area contributed by atoms with Crippen molar-refractivity contribution in [3.05, 3.63) is 149 Å². The smallest absolute Gasteiger partial charge is 0.126 e. The van der Waals surface area contributed by atoms with Gasteiger partial charge in [0.05, 0.1) is 9.81 Å². The maximum Gasteiger partial charge on any atom is 0.148 e. The zero-order chi connectivity index (χ0) is 25.9. The third-order valence-corrected chi connectivity index (χ3v) is 11.5. The molecular formula is C34H28S4. The Morgan fingerprint density at radius 3 is 1.47 bits per heavy atom. The second-order valence-corrected chi connectivity index (χ2v) is 13.6. The van der Waals surface area contributed by atoms with E-state index >= 15 is 0 Å².